The first-order chi connectivity index (χ1) is 6.81. The molecule has 0 aromatic rings. The number of carbonyl (C=O) groups excluding carboxylic acids is 1. The summed E-state index contributed by atoms with van der Waals surface area (Å²) in [5.41, 5.74) is -0.289. The van der Waals surface area contributed by atoms with Gasteiger partial charge in [-0.2, -0.15) is 0 Å². The summed E-state index contributed by atoms with van der Waals surface area (Å²) in [5.74, 6) is -1.80. The lowest BCUT2D eigenvalue weighted by Crippen LogP contribution is -2.45. The number of amides is 1. The molecule has 0 bridgehead atoms. The number of hydrogen-bond acceptors (Lipinski definition) is 2. The van der Waals surface area contributed by atoms with Crippen molar-refractivity contribution in [1.29, 1.82) is 0 Å². The quantitative estimate of drug-likeness (QED) is 0.728. The summed E-state index contributed by atoms with van der Waals surface area (Å²) in [6.45, 7) is 5.70. The fourth-order valence-electron chi connectivity index (χ4n) is 2.03. The zero-order valence-corrected chi connectivity index (χ0v) is 9.54. The van der Waals surface area contributed by atoms with Gasteiger partial charge in [0.2, 0.25) is 5.91 Å². The molecule has 0 spiro atoms. The first-order valence-corrected chi connectivity index (χ1v) is 5.36. The van der Waals surface area contributed by atoms with Crippen molar-refractivity contribution in [3.63, 3.8) is 0 Å². The van der Waals surface area contributed by atoms with E-state index in [-0.39, 0.29) is 17.4 Å². The van der Waals surface area contributed by atoms with Crippen LogP contribution in [0.2, 0.25) is 0 Å². The molecule has 0 aliphatic heterocycles. The van der Waals surface area contributed by atoms with E-state index in [0.717, 1.165) is 6.42 Å². The highest BCUT2D eigenvalue weighted by molar-refractivity contribution is 5.85. The Morgan fingerprint density at radius 2 is 1.73 bits per heavy atom. The molecule has 4 heteroatoms. The van der Waals surface area contributed by atoms with E-state index in [9.17, 15) is 9.59 Å². The smallest absolute Gasteiger partial charge is 0.307 e. The summed E-state index contributed by atoms with van der Waals surface area (Å²) in [7, 11) is 0. The van der Waals surface area contributed by atoms with E-state index in [1.807, 2.05) is 20.8 Å². The standard InChI is InChI=1S/C11H19NO3/c1-11(2,3)12-9(13)7-5-4-6-8(7)10(14)15/h7-8H,4-6H2,1-3H3,(H,12,13)(H,14,15)/t7-,8+/m1/s1. The Morgan fingerprint density at radius 1 is 1.20 bits per heavy atom. The van der Waals surface area contributed by atoms with Crippen LogP contribution in [0, 0.1) is 11.8 Å². The lowest BCUT2D eigenvalue weighted by molar-refractivity contribution is -0.146. The van der Waals surface area contributed by atoms with Crippen LogP contribution in [0.1, 0.15) is 40.0 Å². The Hall–Kier alpha value is -1.06. The van der Waals surface area contributed by atoms with Crippen molar-refractivity contribution >= 4 is 11.9 Å². The molecule has 0 unspecified atom stereocenters. The van der Waals surface area contributed by atoms with Crippen molar-refractivity contribution in [2.75, 3.05) is 0 Å². The molecule has 1 amide bonds. The van der Waals surface area contributed by atoms with Crippen molar-refractivity contribution in [2.24, 2.45) is 11.8 Å². The van der Waals surface area contributed by atoms with Gasteiger partial charge in [-0.3, -0.25) is 9.59 Å². The summed E-state index contributed by atoms with van der Waals surface area (Å²) >= 11 is 0. The predicted molar refractivity (Wildman–Crippen MR) is 56.4 cm³/mol. The molecule has 1 saturated carbocycles. The second kappa shape index (κ2) is 4.21. The molecule has 4 nitrogen and oxygen atoms in total. The average Bonchev–Trinajstić information content (AvgIpc) is 2.47. The van der Waals surface area contributed by atoms with E-state index < -0.39 is 11.9 Å². The number of carboxylic acids is 1. The second-order valence-electron chi connectivity index (χ2n) is 5.22. The molecule has 0 saturated heterocycles. The molecule has 1 aliphatic carbocycles. The maximum Gasteiger partial charge on any atom is 0.307 e. The SMILES string of the molecule is CC(C)(C)NC(=O)[C@@H]1CCC[C@@H]1C(=O)O. The van der Waals surface area contributed by atoms with E-state index in [1.165, 1.54) is 0 Å². The van der Waals surface area contributed by atoms with Crippen LogP contribution in [0.25, 0.3) is 0 Å². The zero-order chi connectivity index (χ0) is 11.6. The minimum Gasteiger partial charge on any atom is -0.481 e. The van der Waals surface area contributed by atoms with Crippen LogP contribution in [-0.4, -0.2) is 22.5 Å². The first-order valence-electron chi connectivity index (χ1n) is 5.36. The molecule has 1 fully saturated rings. The number of hydrogen-bond donors (Lipinski definition) is 2. The minimum absolute atomic E-state index is 0.118. The monoisotopic (exact) mass is 213 g/mol. The number of nitrogens with one attached hydrogen (secondary N) is 1. The van der Waals surface area contributed by atoms with Gasteiger partial charge in [0, 0.05) is 5.54 Å². The number of rotatable bonds is 2. The van der Waals surface area contributed by atoms with Crippen LogP contribution >= 0.6 is 0 Å². The van der Waals surface area contributed by atoms with Gasteiger partial charge in [0.1, 0.15) is 0 Å². The van der Waals surface area contributed by atoms with Crippen molar-refractivity contribution in [3.8, 4) is 0 Å². The molecule has 1 aliphatic rings. The molecule has 0 aromatic carbocycles. The highest BCUT2D eigenvalue weighted by Crippen LogP contribution is 2.32. The molecule has 15 heavy (non-hydrogen) atoms. The largest absolute Gasteiger partial charge is 0.481 e. The van der Waals surface area contributed by atoms with Crippen LogP contribution in [-0.2, 0) is 9.59 Å². The molecular formula is C11H19NO3. The fourth-order valence-corrected chi connectivity index (χ4v) is 2.03. The van der Waals surface area contributed by atoms with E-state index in [1.54, 1.807) is 0 Å². The molecule has 2 atom stereocenters. The van der Waals surface area contributed by atoms with E-state index in [0.29, 0.717) is 12.8 Å². The van der Waals surface area contributed by atoms with Gasteiger partial charge in [0.25, 0.3) is 0 Å². The number of carbonyl (C=O) groups is 2. The first kappa shape index (κ1) is 12.0. The highest BCUT2D eigenvalue weighted by Gasteiger charge is 2.38. The van der Waals surface area contributed by atoms with Crippen LogP contribution in [0.3, 0.4) is 0 Å². The molecule has 0 heterocycles. The van der Waals surface area contributed by atoms with Crippen molar-refractivity contribution in [2.45, 2.75) is 45.6 Å². The van der Waals surface area contributed by atoms with Crippen LogP contribution in [0.5, 0.6) is 0 Å². The van der Waals surface area contributed by atoms with Gasteiger partial charge in [-0.25, -0.2) is 0 Å². The number of aliphatic carboxylic acids is 1. The lowest BCUT2D eigenvalue weighted by atomic mass is 9.94. The van der Waals surface area contributed by atoms with Gasteiger partial charge in [0.05, 0.1) is 11.8 Å². The maximum absolute atomic E-state index is 11.8. The van der Waals surface area contributed by atoms with E-state index in [4.69, 9.17) is 5.11 Å². The number of carboxylic acid groups (broad SMARTS) is 1. The van der Waals surface area contributed by atoms with Crippen molar-refractivity contribution in [1.82, 2.24) is 5.32 Å². The van der Waals surface area contributed by atoms with Gasteiger partial charge in [-0.15, -0.1) is 0 Å². The van der Waals surface area contributed by atoms with Crippen molar-refractivity contribution in [3.05, 3.63) is 0 Å². The fraction of sp³-hybridized carbons (Fsp3) is 0.818. The zero-order valence-electron chi connectivity index (χ0n) is 9.54. The topological polar surface area (TPSA) is 66.4 Å². The third-order valence-corrected chi connectivity index (χ3v) is 2.67. The van der Waals surface area contributed by atoms with Crippen molar-refractivity contribution < 1.29 is 14.7 Å². The summed E-state index contributed by atoms with van der Waals surface area (Å²) in [5, 5.41) is 11.8. The average molecular weight is 213 g/mol. The van der Waals surface area contributed by atoms with E-state index in [2.05, 4.69) is 5.32 Å². The van der Waals surface area contributed by atoms with Gasteiger partial charge in [-0.1, -0.05) is 6.42 Å². The summed E-state index contributed by atoms with van der Waals surface area (Å²) in [6, 6.07) is 0. The van der Waals surface area contributed by atoms with Crippen LogP contribution in [0.4, 0.5) is 0 Å². The highest BCUT2D eigenvalue weighted by atomic mass is 16.4. The lowest BCUT2D eigenvalue weighted by Gasteiger charge is -2.24. The third-order valence-electron chi connectivity index (χ3n) is 2.67. The third kappa shape index (κ3) is 3.22. The molecule has 2 N–H and O–H groups in total. The Bertz CT molecular complexity index is 267. The molecule has 0 aromatic heterocycles. The Kier molecular flexibility index (Phi) is 3.37. The molecule has 86 valence electrons. The Labute approximate surface area is 90.0 Å². The summed E-state index contributed by atoms with van der Waals surface area (Å²) < 4.78 is 0. The maximum atomic E-state index is 11.8. The Balaban J connectivity index is 2.63. The van der Waals surface area contributed by atoms with Gasteiger partial charge in [0.15, 0.2) is 0 Å². The van der Waals surface area contributed by atoms with Crippen LogP contribution in [0.15, 0.2) is 0 Å². The molecular weight excluding hydrogens is 194 g/mol. The molecule has 1 rings (SSSR count). The summed E-state index contributed by atoms with van der Waals surface area (Å²) in [4.78, 5) is 22.7. The van der Waals surface area contributed by atoms with Crippen LogP contribution < -0.4 is 5.32 Å². The minimum atomic E-state index is -0.846. The second-order valence-corrected chi connectivity index (χ2v) is 5.22. The van der Waals surface area contributed by atoms with Gasteiger partial charge in [-0.05, 0) is 33.6 Å². The predicted octanol–water partition coefficient (Wildman–Crippen LogP) is 1.40. The van der Waals surface area contributed by atoms with Gasteiger partial charge < -0.3 is 10.4 Å². The normalized spacial score (nSPS) is 26.3. The van der Waals surface area contributed by atoms with E-state index >= 15 is 0 Å². The summed E-state index contributed by atoms with van der Waals surface area (Å²) in [6.07, 6.45) is 2.15. The Morgan fingerprint density at radius 3 is 2.20 bits per heavy atom. The molecule has 0 radical (unpaired) electrons. The van der Waals surface area contributed by atoms with Gasteiger partial charge >= 0.3 is 5.97 Å².